The van der Waals surface area contributed by atoms with Crippen molar-refractivity contribution in [1.29, 1.82) is 0 Å². The first-order valence-electron chi connectivity index (χ1n) is 4.64. The van der Waals surface area contributed by atoms with E-state index in [1.807, 2.05) is 5.38 Å². The number of carbonyl (C=O) groups excluding carboxylic acids is 1. The number of carbonyl (C=O) groups is 1. The third-order valence-corrected chi connectivity index (χ3v) is 3.12. The maximum atomic E-state index is 11.6. The Hall–Kier alpha value is -0.940. The average molecular weight is 211 g/mol. The van der Waals surface area contributed by atoms with Gasteiger partial charge in [0.2, 0.25) is 0 Å². The minimum Gasteiger partial charge on any atom is -0.346 e. The highest BCUT2D eigenvalue weighted by Gasteiger charge is 2.22. The van der Waals surface area contributed by atoms with E-state index in [1.165, 1.54) is 11.3 Å². The van der Waals surface area contributed by atoms with E-state index >= 15 is 0 Å². The topological polar surface area (TPSA) is 45.2 Å². The largest absolute Gasteiger partial charge is 0.346 e. The minimum atomic E-state index is -0.0414. The maximum absolute atomic E-state index is 11.6. The molecular weight excluding hydrogens is 198 g/mol. The molecule has 1 aliphatic rings. The van der Waals surface area contributed by atoms with Crippen LogP contribution in [0.15, 0.2) is 11.6 Å². The van der Waals surface area contributed by atoms with Crippen LogP contribution in [0.2, 0.25) is 0 Å². The summed E-state index contributed by atoms with van der Waals surface area (Å²) in [4.78, 5) is 17.8. The lowest BCUT2D eigenvalue weighted by atomic mass is 10.2. The number of thiazole rings is 1. The number of aromatic nitrogens is 1. The van der Waals surface area contributed by atoms with Crippen LogP contribution in [0, 0.1) is 0 Å². The van der Waals surface area contributed by atoms with E-state index < -0.39 is 0 Å². The van der Waals surface area contributed by atoms with Crippen LogP contribution in [0.1, 0.15) is 16.2 Å². The van der Waals surface area contributed by atoms with Crippen LogP contribution >= 0.6 is 11.3 Å². The Kier molecular flexibility index (Phi) is 2.79. The molecule has 2 heterocycles. The van der Waals surface area contributed by atoms with E-state index in [4.69, 9.17) is 0 Å². The molecule has 0 aromatic carbocycles. The summed E-state index contributed by atoms with van der Waals surface area (Å²) in [6, 6.07) is 0.288. The fraction of sp³-hybridized carbons (Fsp3) is 0.556. The summed E-state index contributed by atoms with van der Waals surface area (Å²) in [5.74, 6) is -0.0414. The molecule has 4 nitrogen and oxygen atoms in total. The molecule has 5 heteroatoms. The Balaban J connectivity index is 1.89. The van der Waals surface area contributed by atoms with Crippen LogP contribution in [0.3, 0.4) is 0 Å². The van der Waals surface area contributed by atoms with Crippen LogP contribution in [0.4, 0.5) is 0 Å². The summed E-state index contributed by atoms with van der Waals surface area (Å²) in [7, 11) is 2.07. The molecule has 14 heavy (non-hydrogen) atoms. The second kappa shape index (κ2) is 4.06. The molecule has 1 aliphatic heterocycles. The zero-order valence-electron chi connectivity index (χ0n) is 8.06. The van der Waals surface area contributed by atoms with Gasteiger partial charge in [0.1, 0.15) is 0 Å². The van der Waals surface area contributed by atoms with E-state index in [1.54, 1.807) is 6.20 Å². The van der Waals surface area contributed by atoms with Crippen LogP contribution in [0.5, 0.6) is 0 Å². The van der Waals surface area contributed by atoms with Crippen molar-refractivity contribution in [1.82, 2.24) is 15.2 Å². The van der Waals surface area contributed by atoms with Gasteiger partial charge in [-0.3, -0.25) is 4.79 Å². The van der Waals surface area contributed by atoms with Gasteiger partial charge in [0.25, 0.3) is 5.91 Å². The predicted octanol–water partition coefficient (Wildman–Crippen LogP) is 0.577. The summed E-state index contributed by atoms with van der Waals surface area (Å²) in [6.45, 7) is 2.00. The summed E-state index contributed by atoms with van der Waals surface area (Å²) in [5.41, 5.74) is 0. The molecule has 0 aliphatic carbocycles. The summed E-state index contributed by atoms with van der Waals surface area (Å²) >= 11 is 1.38. The van der Waals surface area contributed by atoms with E-state index in [9.17, 15) is 4.79 Å². The molecular formula is C9H13N3OS. The molecule has 1 saturated heterocycles. The second-order valence-electron chi connectivity index (χ2n) is 3.56. The normalized spacial score (nSPS) is 22.5. The Bertz CT molecular complexity index is 312. The highest BCUT2D eigenvalue weighted by Crippen LogP contribution is 2.09. The number of nitrogens with one attached hydrogen (secondary N) is 1. The fourth-order valence-electron chi connectivity index (χ4n) is 1.64. The van der Waals surface area contributed by atoms with E-state index in [0.717, 1.165) is 19.5 Å². The molecule has 0 radical (unpaired) electrons. The number of nitrogens with zero attached hydrogens (tertiary/aromatic N) is 2. The van der Waals surface area contributed by atoms with Crippen LogP contribution in [-0.4, -0.2) is 42.0 Å². The number of likely N-dealkylation sites (tertiary alicyclic amines) is 1. The second-order valence-corrected chi connectivity index (χ2v) is 4.45. The fourth-order valence-corrected chi connectivity index (χ4v) is 2.17. The first-order valence-corrected chi connectivity index (χ1v) is 5.52. The molecule has 1 fully saturated rings. The van der Waals surface area contributed by atoms with Gasteiger partial charge in [0.15, 0.2) is 5.01 Å². The molecule has 2 rings (SSSR count). The Morgan fingerprint density at radius 2 is 2.64 bits per heavy atom. The van der Waals surface area contributed by atoms with Crippen molar-refractivity contribution in [3.05, 3.63) is 16.6 Å². The standard InChI is InChI=1S/C9H13N3OS/c1-12-4-2-7(6-12)11-8(13)9-10-3-5-14-9/h3,5,7H,2,4,6H2,1H3,(H,11,13). The zero-order chi connectivity index (χ0) is 9.97. The highest BCUT2D eigenvalue weighted by atomic mass is 32.1. The van der Waals surface area contributed by atoms with Gasteiger partial charge >= 0.3 is 0 Å². The first-order chi connectivity index (χ1) is 6.75. The molecule has 1 unspecified atom stereocenters. The number of likely N-dealkylation sites (N-methyl/N-ethyl adjacent to an activating group) is 1. The molecule has 0 saturated carbocycles. The SMILES string of the molecule is CN1CCC(NC(=O)c2nccs2)C1. The number of rotatable bonds is 2. The molecule has 1 aromatic rings. The molecule has 1 N–H and O–H groups in total. The van der Waals surface area contributed by atoms with Gasteiger partial charge in [-0.25, -0.2) is 4.98 Å². The lowest BCUT2D eigenvalue weighted by Crippen LogP contribution is -2.36. The highest BCUT2D eigenvalue weighted by molar-refractivity contribution is 7.11. The van der Waals surface area contributed by atoms with Gasteiger partial charge in [0.05, 0.1) is 0 Å². The summed E-state index contributed by atoms with van der Waals surface area (Å²) in [5, 5.41) is 5.35. The van der Waals surface area contributed by atoms with Crippen molar-refractivity contribution in [3.63, 3.8) is 0 Å². The summed E-state index contributed by atoms with van der Waals surface area (Å²) in [6.07, 6.45) is 2.69. The molecule has 76 valence electrons. The first kappa shape index (κ1) is 9.61. The third kappa shape index (κ3) is 2.10. The molecule has 0 bridgehead atoms. The minimum absolute atomic E-state index is 0.0414. The molecule has 0 spiro atoms. The molecule has 1 amide bonds. The van der Waals surface area contributed by atoms with Gasteiger partial charge in [-0.1, -0.05) is 0 Å². The van der Waals surface area contributed by atoms with Gasteiger partial charge in [-0.2, -0.15) is 0 Å². The van der Waals surface area contributed by atoms with E-state index in [2.05, 4.69) is 22.2 Å². The van der Waals surface area contributed by atoms with Crippen molar-refractivity contribution in [3.8, 4) is 0 Å². The van der Waals surface area contributed by atoms with Crippen LogP contribution in [0.25, 0.3) is 0 Å². The van der Waals surface area contributed by atoms with Crippen molar-refractivity contribution < 1.29 is 4.79 Å². The van der Waals surface area contributed by atoms with Crippen molar-refractivity contribution in [2.45, 2.75) is 12.5 Å². The van der Waals surface area contributed by atoms with E-state index in [0.29, 0.717) is 5.01 Å². The smallest absolute Gasteiger partial charge is 0.280 e. The zero-order valence-corrected chi connectivity index (χ0v) is 8.88. The lowest BCUT2D eigenvalue weighted by molar-refractivity contribution is 0.0938. The van der Waals surface area contributed by atoms with Gasteiger partial charge in [-0.05, 0) is 20.0 Å². The summed E-state index contributed by atoms with van der Waals surface area (Å²) < 4.78 is 0. The van der Waals surface area contributed by atoms with Gasteiger partial charge in [-0.15, -0.1) is 11.3 Å². The van der Waals surface area contributed by atoms with Crippen LogP contribution < -0.4 is 5.32 Å². The Morgan fingerprint density at radius 1 is 1.79 bits per heavy atom. The van der Waals surface area contributed by atoms with Crippen molar-refractivity contribution in [2.75, 3.05) is 20.1 Å². The molecule has 1 aromatic heterocycles. The van der Waals surface area contributed by atoms with Gasteiger partial charge in [0, 0.05) is 24.2 Å². The van der Waals surface area contributed by atoms with Crippen molar-refractivity contribution >= 4 is 17.2 Å². The lowest BCUT2D eigenvalue weighted by Gasteiger charge is -2.11. The number of amides is 1. The van der Waals surface area contributed by atoms with Crippen molar-refractivity contribution in [2.24, 2.45) is 0 Å². The molecule has 1 atom stereocenters. The number of hydrogen-bond donors (Lipinski definition) is 1. The van der Waals surface area contributed by atoms with E-state index in [-0.39, 0.29) is 11.9 Å². The quantitative estimate of drug-likeness (QED) is 0.778. The average Bonchev–Trinajstić information content (AvgIpc) is 2.75. The predicted molar refractivity (Wildman–Crippen MR) is 55.5 cm³/mol. The monoisotopic (exact) mass is 211 g/mol. The number of hydrogen-bond acceptors (Lipinski definition) is 4. The Morgan fingerprint density at radius 3 is 3.21 bits per heavy atom. The van der Waals surface area contributed by atoms with Crippen LogP contribution in [-0.2, 0) is 0 Å². The third-order valence-electron chi connectivity index (χ3n) is 2.35. The Labute approximate surface area is 86.9 Å². The van der Waals surface area contributed by atoms with Gasteiger partial charge < -0.3 is 10.2 Å². The maximum Gasteiger partial charge on any atom is 0.280 e.